The average molecular weight is 318 g/mol. The maximum Gasteiger partial charge on any atom is 0.263 e. The maximum absolute atomic E-state index is 12.7. The van der Waals surface area contributed by atoms with Gasteiger partial charge in [0.05, 0.1) is 9.88 Å². The standard InChI is InChI=1S/C16H18N2OS2/c19-16(14-9-11-3-1-5-13(11)21-14)18-7-2-4-12(10-18)15-17-6-8-20-15/h6,8-9,12H,1-5,7,10H2. The van der Waals surface area contributed by atoms with E-state index in [-0.39, 0.29) is 5.91 Å². The summed E-state index contributed by atoms with van der Waals surface area (Å²) in [6.45, 7) is 1.72. The number of hydrogen-bond donors (Lipinski definition) is 0. The Labute approximate surface area is 132 Å². The molecule has 1 fully saturated rings. The summed E-state index contributed by atoms with van der Waals surface area (Å²) in [5.41, 5.74) is 1.41. The first-order valence-corrected chi connectivity index (χ1v) is 9.31. The Morgan fingerprint density at radius 2 is 2.29 bits per heavy atom. The summed E-state index contributed by atoms with van der Waals surface area (Å²) in [6.07, 6.45) is 7.67. The number of amides is 1. The van der Waals surface area contributed by atoms with E-state index in [1.54, 1.807) is 22.7 Å². The molecule has 4 rings (SSSR count). The molecule has 5 heteroatoms. The molecular formula is C16H18N2OS2. The minimum atomic E-state index is 0.232. The van der Waals surface area contributed by atoms with Crippen molar-refractivity contribution >= 4 is 28.6 Å². The van der Waals surface area contributed by atoms with E-state index in [1.807, 2.05) is 16.5 Å². The molecule has 0 saturated carbocycles. The molecule has 1 unspecified atom stereocenters. The first-order chi connectivity index (χ1) is 10.3. The fraction of sp³-hybridized carbons (Fsp3) is 0.500. The molecule has 1 amide bonds. The fourth-order valence-corrected chi connectivity index (χ4v) is 5.38. The number of hydrogen-bond acceptors (Lipinski definition) is 4. The molecule has 0 bridgehead atoms. The van der Waals surface area contributed by atoms with Crippen molar-refractivity contribution in [1.29, 1.82) is 0 Å². The highest BCUT2D eigenvalue weighted by molar-refractivity contribution is 7.14. The predicted molar refractivity (Wildman–Crippen MR) is 86.3 cm³/mol. The van der Waals surface area contributed by atoms with E-state index < -0.39 is 0 Å². The number of thiazole rings is 1. The zero-order valence-electron chi connectivity index (χ0n) is 11.9. The van der Waals surface area contributed by atoms with Crippen LogP contribution in [0.4, 0.5) is 0 Å². The van der Waals surface area contributed by atoms with Crippen molar-refractivity contribution in [3.05, 3.63) is 38.0 Å². The summed E-state index contributed by atoms with van der Waals surface area (Å²) in [5, 5.41) is 3.21. The highest BCUT2D eigenvalue weighted by Crippen LogP contribution is 2.33. The Morgan fingerprint density at radius 1 is 1.33 bits per heavy atom. The van der Waals surface area contributed by atoms with E-state index in [0.717, 1.165) is 43.6 Å². The SMILES string of the molecule is O=C(c1cc2c(s1)CCC2)N1CCCC(c2nccs2)C1. The second-order valence-corrected chi connectivity index (χ2v) is 7.94. The lowest BCUT2D eigenvalue weighted by molar-refractivity contribution is 0.0712. The lowest BCUT2D eigenvalue weighted by Gasteiger charge is -2.31. The molecule has 1 atom stereocenters. The summed E-state index contributed by atoms with van der Waals surface area (Å²) in [7, 11) is 0. The minimum absolute atomic E-state index is 0.232. The number of likely N-dealkylation sites (tertiary alicyclic amines) is 1. The number of thiophene rings is 1. The number of rotatable bonds is 2. The molecule has 0 radical (unpaired) electrons. The number of carbonyl (C=O) groups excluding carboxylic acids is 1. The van der Waals surface area contributed by atoms with Crippen LogP contribution in [-0.2, 0) is 12.8 Å². The Bertz CT molecular complexity index is 626. The number of nitrogens with zero attached hydrogens (tertiary/aromatic N) is 2. The van der Waals surface area contributed by atoms with Gasteiger partial charge in [-0.2, -0.15) is 0 Å². The molecule has 0 N–H and O–H groups in total. The molecule has 1 aliphatic carbocycles. The van der Waals surface area contributed by atoms with Gasteiger partial charge in [0.15, 0.2) is 0 Å². The lowest BCUT2D eigenvalue weighted by Crippen LogP contribution is -2.38. The van der Waals surface area contributed by atoms with Crippen LogP contribution in [0.5, 0.6) is 0 Å². The molecule has 2 aromatic heterocycles. The van der Waals surface area contributed by atoms with E-state index in [0.29, 0.717) is 5.92 Å². The molecule has 0 aromatic carbocycles. The fourth-order valence-electron chi connectivity index (χ4n) is 3.39. The smallest absolute Gasteiger partial charge is 0.263 e. The van der Waals surface area contributed by atoms with Crippen LogP contribution in [0.3, 0.4) is 0 Å². The molecule has 3 heterocycles. The van der Waals surface area contributed by atoms with E-state index >= 15 is 0 Å². The van der Waals surface area contributed by atoms with Crippen molar-refractivity contribution in [2.75, 3.05) is 13.1 Å². The van der Waals surface area contributed by atoms with Crippen molar-refractivity contribution < 1.29 is 4.79 Å². The Balaban J connectivity index is 1.51. The zero-order valence-corrected chi connectivity index (χ0v) is 13.5. The molecule has 110 valence electrons. The monoisotopic (exact) mass is 318 g/mol. The third kappa shape index (κ3) is 2.53. The molecule has 2 aliphatic rings. The first-order valence-electron chi connectivity index (χ1n) is 7.61. The molecular weight excluding hydrogens is 300 g/mol. The Morgan fingerprint density at radius 3 is 3.10 bits per heavy atom. The number of fused-ring (bicyclic) bond motifs is 1. The largest absolute Gasteiger partial charge is 0.337 e. The summed E-state index contributed by atoms with van der Waals surface area (Å²) < 4.78 is 0. The predicted octanol–water partition coefficient (Wildman–Crippen LogP) is 3.71. The van der Waals surface area contributed by atoms with Crippen LogP contribution in [0.25, 0.3) is 0 Å². The average Bonchev–Trinajstić information content (AvgIpc) is 3.22. The van der Waals surface area contributed by atoms with Gasteiger partial charge in [0, 0.05) is 35.5 Å². The normalized spacial score (nSPS) is 21.5. The summed E-state index contributed by atoms with van der Waals surface area (Å²) in [6, 6.07) is 2.14. The van der Waals surface area contributed by atoms with E-state index in [4.69, 9.17) is 0 Å². The quantitative estimate of drug-likeness (QED) is 0.845. The van der Waals surface area contributed by atoms with Gasteiger partial charge in [-0.3, -0.25) is 4.79 Å². The van der Waals surface area contributed by atoms with Crippen LogP contribution in [0.15, 0.2) is 17.6 Å². The van der Waals surface area contributed by atoms with Gasteiger partial charge in [0.1, 0.15) is 0 Å². The Kier molecular flexibility index (Phi) is 3.55. The minimum Gasteiger partial charge on any atom is -0.337 e. The van der Waals surface area contributed by atoms with Gasteiger partial charge in [-0.15, -0.1) is 22.7 Å². The molecule has 1 aliphatic heterocycles. The third-order valence-corrected chi connectivity index (χ3v) is 6.63. The van der Waals surface area contributed by atoms with Gasteiger partial charge in [-0.25, -0.2) is 4.98 Å². The van der Waals surface area contributed by atoms with Gasteiger partial charge < -0.3 is 4.90 Å². The topological polar surface area (TPSA) is 33.2 Å². The van der Waals surface area contributed by atoms with Crippen molar-refractivity contribution in [2.24, 2.45) is 0 Å². The third-order valence-electron chi connectivity index (χ3n) is 4.47. The van der Waals surface area contributed by atoms with E-state index in [9.17, 15) is 4.79 Å². The second kappa shape index (κ2) is 5.54. The van der Waals surface area contributed by atoms with Crippen LogP contribution in [0.1, 0.15) is 50.3 Å². The van der Waals surface area contributed by atoms with Crippen LogP contribution in [-0.4, -0.2) is 28.9 Å². The van der Waals surface area contributed by atoms with Gasteiger partial charge in [-0.05, 0) is 43.7 Å². The zero-order chi connectivity index (χ0) is 14.2. The van der Waals surface area contributed by atoms with Crippen LogP contribution < -0.4 is 0 Å². The van der Waals surface area contributed by atoms with E-state index in [2.05, 4.69) is 11.1 Å². The molecule has 2 aromatic rings. The number of aryl methyl sites for hydroxylation is 2. The molecule has 0 spiro atoms. The number of piperidine rings is 1. The van der Waals surface area contributed by atoms with Gasteiger partial charge in [-0.1, -0.05) is 0 Å². The van der Waals surface area contributed by atoms with Gasteiger partial charge >= 0.3 is 0 Å². The van der Waals surface area contributed by atoms with Crippen molar-refractivity contribution in [2.45, 2.75) is 38.0 Å². The highest BCUT2D eigenvalue weighted by Gasteiger charge is 2.28. The van der Waals surface area contributed by atoms with Gasteiger partial charge in [0.25, 0.3) is 5.91 Å². The van der Waals surface area contributed by atoms with Crippen LogP contribution >= 0.6 is 22.7 Å². The number of carbonyl (C=O) groups is 1. The molecule has 3 nitrogen and oxygen atoms in total. The van der Waals surface area contributed by atoms with E-state index in [1.165, 1.54) is 21.9 Å². The maximum atomic E-state index is 12.7. The number of aromatic nitrogens is 1. The first kappa shape index (κ1) is 13.5. The van der Waals surface area contributed by atoms with Crippen molar-refractivity contribution in [3.63, 3.8) is 0 Å². The summed E-state index contributed by atoms with van der Waals surface area (Å²) in [5.74, 6) is 0.658. The summed E-state index contributed by atoms with van der Waals surface area (Å²) in [4.78, 5) is 21.6. The van der Waals surface area contributed by atoms with Crippen molar-refractivity contribution in [3.8, 4) is 0 Å². The second-order valence-electron chi connectivity index (χ2n) is 5.87. The Hall–Kier alpha value is -1.20. The van der Waals surface area contributed by atoms with Crippen LogP contribution in [0.2, 0.25) is 0 Å². The van der Waals surface area contributed by atoms with Crippen LogP contribution in [0, 0.1) is 0 Å². The highest BCUT2D eigenvalue weighted by atomic mass is 32.1. The molecule has 1 saturated heterocycles. The van der Waals surface area contributed by atoms with Gasteiger partial charge in [0.2, 0.25) is 0 Å². The molecule has 21 heavy (non-hydrogen) atoms. The van der Waals surface area contributed by atoms with Crippen molar-refractivity contribution in [1.82, 2.24) is 9.88 Å². The summed E-state index contributed by atoms with van der Waals surface area (Å²) >= 11 is 3.43. The lowest BCUT2D eigenvalue weighted by atomic mass is 9.98.